The van der Waals surface area contributed by atoms with E-state index in [0.29, 0.717) is 25.8 Å². The van der Waals surface area contributed by atoms with E-state index in [9.17, 15) is 23.3 Å². The number of fused-ring (bicyclic) bond motifs is 5. The third-order valence-electron chi connectivity index (χ3n) is 6.89. The van der Waals surface area contributed by atoms with Crippen LogP contribution in [0.1, 0.15) is 42.1 Å². The maximum absolute atomic E-state index is 13.4. The Morgan fingerprint density at radius 3 is 2.50 bits per heavy atom. The lowest BCUT2D eigenvalue weighted by atomic mass is 10.0. The van der Waals surface area contributed by atoms with Crippen molar-refractivity contribution in [3.05, 3.63) is 81.9 Å². The molecule has 1 heterocycles. The Bertz CT molecular complexity index is 1610. The largest absolute Gasteiger partial charge is 0.340 e. The van der Waals surface area contributed by atoms with Crippen molar-refractivity contribution in [2.24, 2.45) is 0 Å². The van der Waals surface area contributed by atoms with Crippen molar-refractivity contribution >= 4 is 43.3 Å². The van der Waals surface area contributed by atoms with Crippen LogP contribution in [-0.4, -0.2) is 41.1 Å². The van der Waals surface area contributed by atoms with Crippen molar-refractivity contribution in [2.75, 3.05) is 13.1 Å². The third kappa shape index (κ3) is 3.98. The molecule has 0 radical (unpaired) electrons. The van der Waals surface area contributed by atoms with Gasteiger partial charge in [0.15, 0.2) is 10.7 Å². The second-order valence-electron chi connectivity index (χ2n) is 9.06. The zero-order valence-corrected chi connectivity index (χ0v) is 20.8. The predicted octanol–water partition coefficient (Wildman–Crippen LogP) is 5.32. The van der Waals surface area contributed by atoms with Gasteiger partial charge < -0.3 is 4.57 Å². The van der Waals surface area contributed by atoms with E-state index in [4.69, 9.17) is 0 Å². The third-order valence-corrected chi connectivity index (χ3v) is 8.84. The van der Waals surface area contributed by atoms with Gasteiger partial charge in [-0.1, -0.05) is 37.3 Å². The topological polar surface area (TPSA) is 103 Å². The lowest BCUT2D eigenvalue weighted by Gasteiger charge is -2.22. The molecule has 0 aliphatic heterocycles. The fourth-order valence-corrected chi connectivity index (χ4v) is 7.05. The van der Waals surface area contributed by atoms with E-state index in [2.05, 4.69) is 10.6 Å². The number of carbonyl (C=O) groups is 1. The number of aromatic nitrogens is 1. The molecule has 9 heteroatoms. The fraction of sp³-hybridized carbons (Fsp3) is 0.296. The van der Waals surface area contributed by atoms with Gasteiger partial charge in [0.1, 0.15) is 0 Å². The maximum Gasteiger partial charge on any atom is 0.289 e. The Balaban J connectivity index is 1.47. The van der Waals surface area contributed by atoms with Crippen LogP contribution in [0.25, 0.3) is 21.8 Å². The van der Waals surface area contributed by atoms with E-state index in [0.717, 1.165) is 39.4 Å². The molecular formula is C27H27N3O5S. The summed E-state index contributed by atoms with van der Waals surface area (Å²) in [5, 5.41) is 13.7. The van der Waals surface area contributed by atoms with Crippen molar-refractivity contribution in [1.82, 2.24) is 8.87 Å². The molecule has 0 atom stereocenters. The molecule has 3 aromatic carbocycles. The molecule has 0 spiro atoms. The quantitative estimate of drug-likeness (QED) is 0.226. The summed E-state index contributed by atoms with van der Waals surface area (Å²) in [5.74, 6) is 0.180. The van der Waals surface area contributed by atoms with Crippen LogP contribution in [-0.2, 0) is 23.0 Å². The zero-order valence-electron chi connectivity index (χ0n) is 20.0. The number of benzene rings is 3. The number of nitro benzene ring substituents is 1. The molecule has 0 N–H and O–H groups in total. The Hall–Kier alpha value is -3.56. The number of para-hydroxylation sites is 2. The van der Waals surface area contributed by atoms with Crippen molar-refractivity contribution in [3.63, 3.8) is 0 Å². The highest BCUT2D eigenvalue weighted by Crippen LogP contribution is 2.37. The number of hydrogen-bond donors (Lipinski definition) is 0. The molecule has 1 aliphatic carbocycles. The van der Waals surface area contributed by atoms with Gasteiger partial charge in [-0.2, -0.15) is 4.31 Å². The standard InChI is InChI=1S/C27H27N3O5S/c1-2-16-28(36(34,35)26-11-6-5-10-23(26)30(32)33)17-7-18-29-22-9-4-3-8-21(22)27-20-13-15-25(31)19(20)12-14-24(27)29/h3-6,8-12,14H,2,7,13,15-18H2,1H3. The smallest absolute Gasteiger partial charge is 0.289 e. The molecule has 36 heavy (non-hydrogen) atoms. The van der Waals surface area contributed by atoms with Gasteiger partial charge in [0.25, 0.3) is 5.69 Å². The summed E-state index contributed by atoms with van der Waals surface area (Å²) in [7, 11) is -4.03. The van der Waals surface area contributed by atoms with Crippen LogP contribution in [0.4, 0.5) is 5.69 Å². The Labute approximate surface area is 209 Å². The van der Waals surface area contributed by atoms with Gasteiger partial charge in [0, 0.05) is 59.5 Å². The number of hydrogen-bond acceptors (Lipinski definition) is 5. The highest BCUT2D eigenvalue weighted by atomic mass is 32.2. The van der Waals surface area contributed by atoms with Crippen molar-refractivity contribution in [3.8, 4) is 0 Å². The molecule has 0 bridgehead atoms. The van der Waals surface area contributed by atoms with Crippen LogP contribution in [0.5, 0.6) is 0 Å². The molecule has 0 saturated carbocycles. The molecule has 186 valence electrons. The van der Waals surface area contributed by atoms with E-state index in [1.165, 1.54) is 28.6 Å². The molecular weight excluding hydrogens is 478 g/mol. The maximum atomic E-state index is 13.4. The van der Waals surface area contributed by atoms with Gasteiger partial charge in [-0.05, 0) is 49.1 Å². The van der Waals surface area contributed by atoms with Crippen molar-refractivity contribution < 1.29 is 18.1 Å². The first-order valence-corrected chi connectivity index (χ1v) is 13.6. The molecule has 8 nitrogen and oxygen atoms in total. The number of aryl methyl sites for hydroxylation is 2. The van der Waals surface area contributed by atoms with Crippen molar-refractivity contribution in [2.45, 2.75) is 44.0 Å². The van der Waals surface area contributed by atoms with Gasteiger partial charge >= 0.3 is 0 Å². The first kappa shape index (κ1) is 24.1. The van der Waals surface area contributed by atoms with E-state index in [1.54, 1.807) is 0 Å². The average Bonchev–Trinajstić information content (AvgIpc) is 3.41. The summed E-state index contributed by atoms with van der Waals surface area (Å²) in [6, 6.07) is 17.5. The van der Waals surface area contributed by atoms with Crippen LogP contribution in [0, 0.1) is 10.1 Å². The number of rotatable bonds is 9. The van der Waals surface area contributed by atoms with Crippen LogP contribution in [0.2, 0.25) is 0 Å². The highest BCUT2D eigenvalue weighted by molar-refractivity contribution is 7.89. The first-order chi connectivity index (χ1) is 17.3. The van der Waals surface area contributed by atoms with Crippen molar-refractivity contribution in [1.29, 1.82) is 0 Å². The average molecular weight is 506 g/mol. The lowest BCUT2D eigenvalue weighted by Crippen LogP contribution is -2.33. The fourth-order valence-electron chi connectivity index (χ4n) is 5.32. The molecule has 0 amide bonds. The number of ketones is 1. The second kappa shape index (κ2) is 9.48. The molecule has 0 fully saturated rings. The summed E-state index contributed by atoms with van der Waals surface area (Å²) in [6.07, 6.45) is 2.39. The number of Topliss-reactive ketones (excluding diaryl/α,β-unsaturated/α-hetero) is 1. The van der Waals surface area contributed by atoms with Gasteiger partial charge in [-0.15, -0.1) is 0 Å². The molecule has 0 unspecified atom stereocenters. The molecule has 5 rings (SSSR count). The predicted molar refractivity (Wildman–Crippen MR) is 139 cm³/mol. The van der Waals surface area contributed by atoms with E-state index < -0.39 is 20.6 Å². The minimum Gasteiger partial charge on any atom is -0.340 e. The van der Waals surface area contributed by atoms with Crippen LogP contribution >= 0.6 is 0 Å². The van der Waals surface area contributed by atoms with Crippen LogP contribution in [0.3, 0.4) is 0 Å². The van der Waals surface area contributed by atoms with Gasteiger partial charge in [0.05, 0.1) is 4.92 Å². The summed E-state index contributed by atoms with van der Waals surface area (Å²) in [6.45, 7) is 2.97. The summed E-state index contributed by atoms with van der Waals surface area (Å²) >= 11 is 0. The summed E-state index contributed by atoms with van der Waals surface area (Å²) < 4.78 is 30.3. The van der Waals surface area contributed by atoms with E-state index in [-0.39, 0.29) is 23.8 Å². The number of nitro groups is 1. The molecule has 4 aromatic rings. The summed E-state index contributed by atoms with van der Waals surface area (Å²) in [5.41, 5.74) is 3.57. The van der Waals surface area contributed by atoms with E-state index >= 15 is 0 Å². The Morgan fingerprint density at radius 1 is 0.972 bits per heavy atom. The number of carbonyl (C=O) groups excluding carboxylic acids is 1. The zero-order chi connectivity index (χ0) is 25.4. The van der Waals surface area contributed by atoms with Gasteiger partial charge in [0.2, 0.25) is 10.0 Å². The van der Waals surface area contributed by atoms with Gasteiger partial charge in [-0.25, -0.2) is 8.42 Å². The molecule has 1 aromatic heterocycles. The van der Waals surface area contributed by atoms with Gasteiger partial charge in [-0.3, -0.25) is 14.9 Å². The first-order valence-electron chi connectivity index (χ1n) is 12.1. The monoisotopic (exact) mass is 505 g/mol. The van der Waals surface area contributed by atoms with Crippen LogP contribution < -0.4 is 0 Å². The summed E-state index contributed by atoms with van der Waals surface area (Å²) in [4.78, 5) is 22.9. The van der Waals surface area contributed by atoms with Crippen LogP contribution in [0.15, 0.2) is 65.6 Å². The molecule has 1 aliphatic rings. The van der Waals surface area contributed by atoms with E-state index in [1.807, 2.05) is 37.3 Å². The number of sulfonamides is 1. The Morgan fingerprint density at radius 2 is 1.72 bits per heavy atom. The minimum atomic E-state index is -4.03. The SMILES string of the molecule is CCCN(CCCn1c2ccccc2c2c3c(ccc21)C(=O)CC3)S(=O)(=O)c1ccccc1[N+](=O)[O-]. The normalized spacial score (nSPS) is 13.7. The Kier molecular flexibility index (Phi) is 6.36. The minimum absolute atomic E-state index is 0.180. The lowest BCUT2D eigenvalue weighted by molar-refractivity contribution is -0.387. The molecule has 0 saturated heterocycles. The number of nitrogens with zero attached hydrogens (tertiary/aromatic N) is 3. The second-order valence-corrected chi connectivity index (χ2v) is 11.0. The highest BCUT2D eigenvalue weighted by Gasteiger charge is 2.31.